The van der Waals surface area contributed by atoms with Gasteiger partial charge in [0.1, 0.15) is 12.0 Å². The lowest BCUT2D eigenvalue weighted by Gasteiger charge is -2.13. The molecule has 0 atom stereocenters. The Hall–Kier alpha value is -3.89. The van der Waals surface area contributed by atoms with Crippen LogP contribution >= 0.6 is 0 Å². The van der Waals surface area contributed by atoms with Crippen molar-refractivity contribution < 1.29 is 9.21 Å². The molecule has 3 heterocycles. The highest BCUT2D eigenvalue weighted by Gasteiger charge is 2.18. The zero-order valence-corrected chi connectivity index (χ0v) is 13.6. The van der Waals surface area contributed by atoms with Crippen molar-refractivity contribution in [3.8, 4) is 17.3 Å². The lowest BCUT2D eigenvalue weighted by molar-refractivity contribution is 0.0767. The molecule has 1 N–H and O–H groups in total. The van der Waals surface area contributed by atoms with E-state index in [2.05, 4.69) is 35.9 Å². The van der Waals surface area contributed by atoms with Crippen LogP contribution in [0.4, 0.5) is 0 Å². The van der Waals surface area contributed by atoms with Gasteiger partial charge in [0, 0.05) is 18.7 Å². The fourth-order valence-corrected chi connectivity index (χ4v) is 2.30. The molecule has 0 saturated carbocycles. The Morgan fingerprint density at radius 1 is 1.27 bits per heavy atom. The normalized spacial score (nSPS) is 10.8. The molecule has 26 heavy (non-hydrogen) atoms. The van der Waals surface area contributed by atoms with Crippen LogP contribution in [0.15, 0.2) is 47.1 Å². The van der Waals surface area contributed by atoms with E-state index in [0.29, 0.717) is 23.3 Å². The Balaban J connectivity index is 1.46. The Labute approximate surface area is 146 Å². The summed E-state index contributed by atoms with van der Waals surface area (Å²) in [7, 11) is 1.63. The predicted molar refractivity (Wildman–Crippen MR) is 86.8 cm³/mol. The smallest absolute Gasteiger partial charge is 0.272 e. The number of H-pyrrole nitrogens is 1. The van der Waals surface area contributed by atoms with E-state index < -0.39 is 0 Å². The van der Waals surface area contributed by atoms with E-state index in [0.717, 1.165) is 5.56 Å². The number of amides is 1. The van der Waals surface area contributed by atoms with Gasteiger partial charge in [0.2, 0.25) is 11.8 Å². The molecule has 130 valence electrons. The standard InChI is InChI=1S/C15H13N9O2/c1-23(8-13-19-20-14(26-13)10-5-3-2-4-6-10)15(25)11-7-12(18-17-11)24-9-16-21-22-24/h2-7,9H,8H2,1H3,(H,17,18). The summed E-state index contributed by atoms with van der Waals surface area (Å²) in [6.45, 7) is 0.165. The molecular weight excluding hydrogens is 338 g/mol. The predicted octanol–water partition coefficient (Wildman–Crippen LogP) is 0.708. The van der Waals surface area contributed by atoms with Crippen molar-refractivity contribution in [1.29, 1.82) is 0 Å². The lowest BCUT2D eigenvalue weighted by atomic mass is 10.2. The summed E-state index contributed by atoms with van der Waals surface area (Å²) in [5.74, 6) is 0.871. The number of aromatic nitrogens is 8. The minimum Gasteiger partial charge on any atom is -0.419 e. The van der Waals surface area contributed by atoms with Crippen LogP contribution in [0.25, 0.3) is 17.3 Å². The van der Waals surface area contributed by atoms with Gasteiger partial charge in [-0.2, -0.15) is 9.78 Å². The number of hydrogen-bond donors (Lipinski definition) is 1. The molecule has 0 fully saturated rings. The Morgan fingerprint density at radius 3 is 2.88 bits per heavy atom. The summed E-state index contributed by atoms with van der Waals surface area (Å²) in [5, 5.41) is 25.4. The Kier molecular flexibility index (Phi) is 3.94. The third kappa shape index (κ3) is 3.05. The van der Waals surface area contributed by atoms with Crippen LogP contribution in [0, 0.1) is 0 Å². The highest BCUT2D eigenvalue weighted by atomic mass is 16.4. The molecule has 0 radical (unpaired) electrons. The van der Waals surface area contributed by atoms with Gasteiger partial charge < -0.3 is 9.32 Å². The average molecular weight is 351 g/mol. The molecule has 0 aliphatic heterocycles. The fourth-order valence-electron chi connectivity index (χ4n) is 2.30. The molecule has 0 spiro atoms. The average Bonchev–Trinajstić information content (AvgIpc) is 3.42. The molecule has 11 heteroatoms. The van der Waals surface area contributed by atoms with Gasteiger partial charge in [-0.25, -0.2) is 0 Å². The van der Waals surface area contributed by atoms with Crippen molar-refractivity contribution in [1.82, 2.24) is 45.5 Å². The van der Waals surface area contributed by atoms with Gasteiger partial charge in [0.25, 0.3) is 5.91 Å². The lowest BCUT2D eigenvalue weighted by Crippen LogP contribution is -2.26. The number of carbonyl (C=O) groups is 1. The third-order valence-corrected chi connectivity index (χ3v) is 3.59. The number of nitrogens with zero attached hydrogens (tertiary/aromatic N) is 8. The van der Waals surface area contributed by atoms with E-state index in [1.807, 2.05) is 30.3 Å². The molecule has 3 aromatic heterocycles. The summed E-state index contributed by atoms with van der Waals surface area (Å²) < 4.78 is 6.96. The second kappa shape index (κ2) is 6.55. The number of tetrazole rings is 1. The first kappa shape index (κ1) is 15.6. The number of carbonyl (C=O) groups excluding carboxylic acids is 1. The van der Waals surface area contributed by atoms with Crippen molar-refractivity contribution >= 4 is 5.91 Å². The van der Waals surface area contributed by atoms with Crippen LogP contribution in [0.5, 0.6) is 0 Å². The molecule has 0 aliphatic rings. The van der Waals surface area contributed by atoms with Gasteiger partial charge in [0.15, 0.2) is 5.82 Å². The summed E-state index contributed by atoms with van der Waals surface area (Å²) in [5.41, 5.74) is 1.11. The van der Waals surface area contributed by atoms with E-state index in [1.165, 1.54) is 15.9 Å². The van der Waals surface area contributed by atoms with E-state index >= 15 is 0 Å². The molecule has 0 bridgehead atoms. The molecule has 0 unspecified atom stereocenters. The highest BCUT2D eigenvalue weighted by molar-refractivity contribution is 5.92. The van der Waals surface area contributed by atoms with Crippen LogP contribution in [0.3, 0.4) is 0 Å². The second-order valence-electron chi connectivity index (χ2n) is 5.42. The quantitative estimate of drug-likeness (QED) is 0.556. The highest BCUT2D eigenvalue weighted by Crippen LogP contribution is 2.17. The van der Waals surface area contributed by atoms with Gasteiger partial charge in [-0.15, -0.1) is 15.3 Å². The van der Waals surface area contributed by atoms with E-state index in [-0.39, 0.29) is 12.5 Å². The third-order valence-electron chi connectivity index (χ3n) is 3.59. The number of aromatic amines is 1. The second-order valence-corrected chi connectivity index (χ2v) is 5.42. The first-order valence-electron chi connectivity index (χ1n) is 7.63. The first-order valence-corrected chi connectivity index (χ1v) is 7.63. The first-order chi connectivity index (χ1) is 12.7. The maximum absolute atomic E-state index is 12.5. The van der Waals surface area contributed by atoms with Crippen LogP contribution in [-0.4, -0.2) is 58.5 Å². The number of nitrogens with one attached hydrogen (secondary N) is 1. The van der Waals surface area contributed by atoms with Gasteiger partial charge in [-0.3, -0.25) is 9.89 Å². The minimum absolute atomic E-state index is 0.165. The van der Waals surface area contributed by atoms with Gasteiger partial charge >= 0.3 is 0 Å². The molecule has 4 rings (SSSR count). The number of rotatable bonds is 5. The maximum atomic E-state index is 12.5. The van der Waals surface area contributed by atoms with Gasteiger partial charge in [-0.1, -0.05) is 18.2 Å². The molecule has 0 aliphatic carbocycles. The minimum atomic E-state index is -0.281. The van der Waals surface area contributed by atoms with Crippen molar-refractivity contribution in [2.45, 2.75) is 6.54 Å². The van der Waals surface area contributed by atoms with Gasteiger partial charge in [-0.05, 0) is 22.6 Å². The van der Waals surface area contributed by atoms with E-state index in [1.54, 1.807) is 13.1 Å². The maximum Gasteiger partial charge on any atom is 0.272 e. The monoisotopic (exact) mass is 351 g/mol. The van der Waals surface area contributed by atoms with E-state index in [4.69, 9.17) is 4.42 Å². The largest absolute Gasteiger partial charge is 0.419 e. The zero-order valence-electron chi connectivity index (χ0n) is 13.6. The Bertz CT molecular complexity index is 1010. The zero-order chi connectivity index (χ0) is 17.9. The van der Waals surface area contributed by atoms with E-state index in [9.17, 15) is 4.79 Å². The summed E-state index contributed by atoms with van der Waals surface area (Å²) >= 11 is 0. The van der Waals surface area contributed by atoms with Crippen LogP contribution in [-0.2, 0) is 6.54 Å². The Morgan fingerprint density at radius 2 is 2.12 bits per heavy atom. The number of hydrogen-bond acceptors (Lipinski definition) is 8. The van der Waals surface area contributed by atoms with Crippen LogP contribution < -0.4 is 0 Å². The van der Waals surface area contributed by atoms with Crippen molar-refractivity contribution in [2.75, 3.05) is 7.05 Å². The summed E-state index contributed by atoms with van der Waals surface area (Å²) in [6.07, 6.45) is 1.39. The van der Waals surface area contributed by atoms with Gasteiger partial charge in [0.05, 0.1) is 6.54 Å². The molecule has 0 saturated heterocycles. The molecule has 1 aromatic carbocycles. The van der Waals surface area contributed by atoms with Crippen molar-refractivity contribution in [3.63, 3.8) is 0 Å². The van der Waals surface area contributed by atoms with Crippen LogP contribution in [0.1, 0.15) is 16.4 Å². The number of benzene rings is 1. The molecule has 11 nitrogen and oxygen atoms in total. The molecular formula is C15H13N9O2. The summed E-state index contributed by atoms with van der Waals surface area (Å²) in [4.78, 5) is 14.0. The topological polar surface area (TPSA) is 132 Å². The van der Waals surface area contributed by atoms with Crippen molar-refractivity contribution in [2.24, 2.45) is 0 Å². The molecule has 4 aromatic rings. The van der Waals surface area contributed by atoms with Crippen molar-refractivity contribution in [3.05, 3.63) is 54.3 Å². The fraction of sp³-hybridized carbons (Fsp3) is 0.133. The summed E-state index contributed by atoms with van der Waals surface area (Å²) in [6, 6.07) is 11.0. The molecule has 1 amide bonds. The van der Waals surface area contributed by atoms with Crippen LogP contribution in [0.2, 0.25) is 0 Å². The SMILES string of the molecule is CN(Cc1nnc(-c2ccccc2)o1)C(=O)c1cc(-n2cnnn2)n[nH]1.